The van der Waals surface area contributed by atoms with Crippen LogP contribution in [0, 0.1) is 28.6 Å². The predicted molar refractivity (Wildman–Crippen MR) is 104 cm³/mol. The first-order valence-electron chi connectivity index (χ1n) is 11.2. The molecule has 0 radical (unpaired) electrons. The topological polar surface area (TPSA) is 127 Å². The van der Waals surface area contributed by atoms with Gasteiger partial charge >= 0.3 is 5.97 Å². The zero-order chi connectivity index (χ0) is 21.2. The third kappa shape index (κ3) is 2.64. The molecule has 0 aromatic rings. The molecule has 5 N–H and O–H groups in total. The maximum atomic E-state index is 12.6. The molecule has 0 heterocycles. The number of carbonyl (C=O) groups is 1. The second kappa shape index (κ2) is 6.89. The van der Waals surface area contributed by atoms with Crippen LogP contribution in [0.2, 0.25) is 0 Å². The van der Waals surface area contributed by atoms with Crippen LogP contribution in [0.15, 0.2) is 0 Å². The summed E-state index contributed by atoms with van der Waals surface area (Å²) in [5, 5.41) is 55.4. The number of hydrogen-bond donors (Lipinski definition) is 5. The Morgan fingerprint density at radius 1 is 1.07 bits per heavy atom. The number of aliphatic hydroxyl groups excluding tert-OH is 3. The van der Waals surface area contributed by atoms with Gasteiger partial charge in [-0.3, -0.25) is 4.79 Å². The Morgan fingerprint density at radius 3 is 2.45 bits per heavy atom. The summed E-state index contributed by atoms with van der Waals surface area (Å²) < 4.78 is 5.27. The Bertz CT molecular complexity index is 670. The van der Waals surface area contributed by atoms with E-state index in [4.69, 9.17) is 4.74 Å². The van der Waals surface area contributed by atoms with Crippen LogP contribution in [0.25, 0.3) is 0 Å². The molecule has 0 spiro atoms. The molecule has 4 rings (SSSR count). The molecular formula is C22H36O7. The van der Waals surface area contributed by atoms with Gasteiger partial charge in [0.25, 0.3) is 0 Å². The molecule has 166 valence electrons. The van der Waals surface area contributed by atoms with E-state index in [2.05, 4.69) is 0 Å². The van der Waals surface area contributed by atoms with Crippen LogP contribution < -0.4 is 0 Å². The summed E-state index contributed by atoms with van der Waals surface area (Å²) in [5.41, 5.74) is -4.17. The Balaban J connectivity index is 1.74. The first kappa shape index (κ1) is 21.5. The van der Waals surface area contributed by atoms with Crippen LogP contribution in [-0.2, 0) is 9.53 Å². The van der Waals surface area contributed by atoms with Crippen LogP contribution in [-0.4, -0.2) is 68.1 Å². The SMILES string of the molecule is CCOC(=O)[C@@H]1CC[C@]2(O)[C@H]3CC[C@@]4(O)C[C@@H](O)CC[C@]4(CO)[C@@H]3[C@H](O)C[C@]12C. The molecular weight excluding hydrogens is 376 g/mol. The number of rotatable bonds is 3. The quantitative estimate of drug-likeness (QED) is 0.433. The highest BCUT2D eigenvalue weighted by molar-refractivity contribution is 5.74. The van der Waals surface area contributed by atoms with Crippen molar-refractivity contribution in [3.63, 3.8) is 0 Å². The van der Waals surface area contributed by atoms with E-state index in [-0.39, 0.29) is 37.9 Å². The lowest BCUT2D eigenvalue weighted by Crippen LogP contribution is -2.72. The molecule has 7 nitrogen and oxygen atoms in total. The average molecular weight is 413 g/mol. The molecule has 0 aromatic carbocycles. The van der Waals surface area contributed by atoms with Gasteiger partial charge in [0.05, 0.1) is 42.5 Å². The number of hydrogen-bond acceptors (Lipinski definition) is 7. The van der Waals surface area contributed by atoms with Gasteiger partial charge in [0.1, 0.15) is 0 Å². The third-order valence-corrected chi connectivity index (χ3v) is 9.45. The molecule has 4 aliphatic carbocycles. The highest BCUT2D eigenvalue weighted by Gasteiger charge is 2.73. The molecule has 4 saturated carbocycles. The van der Waals surface area contributed by atoms with E-state index in [0.29, 0.717) is 38.5 Å². The molecule has 0 saturated heterocycles. The monoisotopic (exact) mass is 412 g/mol. The van der Waals surface area contributed by atoms with Crippen LogP contribution in [0.3, 0.4) is 0 Å². The van der Waals surface area contributed by atoms with Crippen molar-refractivity contribution < 1.29 is 35.1 Å². The van der Waals surface area contributed by atoms with Crippen molar-refractivity contribution in [1.29, 1.82) is 0 Å². The molecule has 9 atom stereocenters. The van der Waals surface area contributed by atoms with Crippen molar-refractivity contribution in [2.45, 2.75) is 88.6 Å². The van der Waals surface area contributed by atoms with Gasteiger partial charge in [0.15, 0.2) is 0 Å². The van der Waals surface area contributed by atoms with Crippen molar-refractivity contribution in [1.82, 2.24) is 0 Å². The summed E-state index contributed by atoms with van der Waals surface area (Å²) in [6.45, 7) is 3.64. The Hall–Kier alpha value is -0.730. The normalized spacial score (nSPS) is 54.2. The summed E-state index contributed by atoms with van der Waals surface area (Å²) in [5.74, 6) is -1.58. The summed E-state index contributed by atoms with van der Waals surface area (Å²) in [7, 11) is 0. The second-order valence-electron chi connectivity index (χ2n) is 10.4. The van der Waals surface area contributed by atoms with Gasteiger partial charge in [-0.25, -0.2) is 0 Å². The van der Waals surface area contributed by atoms with Gasteiger partial charge in [-0.05, 0) is 57.8 Å². The number of fused-ring (bicyclic) bond motifs is 5. The summed E-state index contributed by atoms with van der Waals surface area (Å²) in [4.78, 5) is 12.6. The number of ether oxygens (including phenoxy) is 1. The molecule has 0 aromatic heterocycles. The van der Waals surface area contributed by atoms with Crippen molar-refractivity contribution in [3.8, 4) is 0 Å². The van der Waals surface area contributed by atoms with Crippen molar-refractivity contribution >= 4 is 5.97 Å². The molecule has 0 amide bonds. The van der Waals surface area contributed by atoms with Gasteiger partial charge < -0.3 is 30.3 Å². The Labute approximate surface area is 172 Å². The standard InChI is InChI=1S/C22H36O7/c1-3-29-18(26)15-6-9-22(28)14-5-8-21(27)10-13(24)4-7-20(21,12-23)17(14)16(25)11-19(15,22)2/h13-17,23-25,27-28H,3-12H2,1-2H3/t13-,14-,15-,16+,17-,19+,20-,21+,22-/m0/s1. The number of aliphatic hydroxyl groups is 5. The van der Waals surface area contributed by atoms with Gasteiger partial charge in [0, 0.05) is 23.2 Å². The second-order valence-corrected chi connectivity index (χ2v) is 10.4. The molecule has 7 heteroatoms. The van der Waals surface area contributed by atoms with Crippen LogP contribution >= 0.6 is 0 Å². The van der Waals surface area contributed by atoms with Crippen molar-refractivity contribution in [2.24, 2.45) is 28.6 Å². The zero-order valence-electron chi connectivity index (χ0n) is 17.5. The van der Waals surface area contributed by atoms with Gasteiger partial charge in [-0.2, -0.15) is 0 Å². The van der Waals surface area contributed by atoms with Crippen LogP contribution in [0.1, 0.15) is 65.2 Å². The molecule has 0 bridgehead atoms. The Morgan fingerprint density at radius 2 is 1.79 bits per heavy atom. The van der Waals surface area contributed by atoms with Crippen molar-refractivity contribution in [2.75, 3.05) is 13.2 Å². The molecule has 0 unspecified atom stereocenters. The molecule has 4 aliphatic rings. The number of esters is 1. The fourth-order valence-corrected chi connectivity index (χ4v) is 8.02. The lowest BCUT2D eigenvalue weighted by atomic mass is 9.41. The smallest absolute Gasteiger partial charge is 0.309 e. The first-order chi connectivity index (χ1) is 13.6. The lowest BCUT2D eigenvalue weighted by Gasteiger charge is -2.67. The summed E-state index contributed by atoms with van der Waals surface area (Å²) in [6, 6.07) is 0. The van der Waals surface area contributed by atoms with E-state index < -0.39 is 46.1 Å². The Kier molecular flexibility index (Phi) is 5.11. The van der Waals surface area contributed by atoms with E-state index in [1.807, 2.05) is 6.92 Å². The minimum Gasteiger partial charge on any atom is -0.466 e. The fraction of sp³-hybridized carbons (Fsp3) is 0.955. The summed E-state index contributed by atoms with van der Waals surface area (Å²) in [6.07, 6.45) is 1.63. The zero-order valence-corrected chi connectivity index (χ0v) is 17.5. The summed E-state index contributed by atoms with van der Waals surface area (Å²) >= 11 is 0. The van der Waals surface area contributed by atoms with Gasteiger partial charge in [0.2, 0.25) is 0 Å². The molecule has 4 fully saturated rings. The fourth-order valence-electron chi connectivity index (χ4n) is 8.02. The molecule has 29 heavy (non-hydrogen) atoms. The first-order valence-corrected chi connectivity index (χ1v) is 11.2. The maximum Gasteiger partial charge on any atom is 0.309 e. The average Bonchev–Trinajstić information content (AvgIpc) is 2.92. The van der Waals surface area contributed by atoms with E-state index in [1.165, 1.54) is 0 Å². The van der Waals surface area contributed by atoms with E-state index in [1.54, 1.807) is 6.92 Å². The van der Waals surface area contributed by atoms with Crippen LogP contribution in [0.4, 0.5) is 0 Å². The van der Waals surface area contributed by atoms with E-state index in [0.717, 1.165) is 0 Å². The maximum absolute atomic E-state index is 12.6. The minimum absolute atomic E-state index is 0.185. The van der Waals surface area contributed by atoms with E-state index >= 15 is 0 Å². The van der Waals surface area contributed by atoms with Gasteiger partial charge in [-0.15, -0.1) is 0 Å². The van der Waals surface area contributed by atoms with Gasteiger partial charge in [-0.1, -0.05) is 6.92 Å². The highest BCUT2D eigenvalue weighted by Crippen LogP contribution is 2.69. The number of carbonyl (C=O) groups excluding carboxylic acids is 1. The molecule has 0 aliphatic heterocycles. The highest BCUT2D eigenvalue weighted by atomic mass is 16.5. The third-order valence-electron chi connectivity index (χ3n) is 9.45. The van der Waals surface area contributed by atoms with Crippen LogP contribution in [0.5, 0.6) is 0 Å². The lowest BCUT2D eigenvalue weighted by molar-refractivity contribution is -0.293. The largest absolute Gasteiger partial charge is 0.466 e. The van der Waals surface area contributed by atoms with E-state index in [9.17, 15) is 30.3 Å². The van der Waals surface area contributed by atoms with Crippen molar-refractivity contribution in [3.05, 3.63) is 0 Å². The minimum atomic E-state index is -1.26. The predicted octanol–water partition coefficient (Wildman–Crippen LogP) is 0.742.